The predicted octanol–water partition coefficient (Wildman–Crippen LogP) is 2.17. The number of allylic oxidation sites excluding steroid dienone is 2. The van der Waals surface area contributed by atoms with Crippen molar-refractivity contribution in [1.82, 2.24) is 0 Å². The molecule has 0 amide bonds. The Morgan fingerprint density at radius 3 is 2.56 bits per heavy atom. The van der Waals surface area contributed by atoms with Gasteiger partial charge in [-0.05, 0) is 17.7 Å². The van der Waals surface area contributed by atoms with Gasteiger partial charge in [0.05, 0.1) is 7.11 Å². The van der Waals surface area contributed by atoms with Gasteiger partial charge in [0.25, 0.3) is 0 Å². The second-order valence-corrected chi connectivity index (χ2v) is 5.77. The highest BCUT2D eigenvalue weighted by Crippen LogP contribution is 2.33. The number of hydrogen-bond donors (Lipinski definition) is 0. The van der Waals surface area contributed by atoms with Gasteiger partial charge in [-0.1, -0.05) is 29.8 Å². The van der Waals surface area contributed by atoms with E-state index in [1.54, 1.807) is 24.3 Å². The molecule has 0 fully saturated rings. The van der Waals surface area contributed by atoms with E-state index in [1.807, 2.05) is 0 Å². The van der Waals surface area contributed by atoms with E-state index in [4.69, 9.17) is 11.6 Å². The first-order chi connectivity index (χ1) is 8.45. The molecule has 0 aliphatic carbocycles. The molecule has 6 heteroatoms. The molecule has 1 aromatic rings. The molecule has 2 rings (SSSR count). The molecule has 1 aliphatic rings. The van der Waals surface area contributed by atoms with Gasteiger partial charge in [0.2, 0.25) is 9.84 Å². The number of halogens is 1. The quantitative estimate of drug-likeness (QED) is 0.781. The lowest BCUT2D eigenvalue weighted by atomic mass is 10.1. The fraction of sp³-hybridized carbons (Fsp3) is 0.0833. The van der Waals surface area contributed by atoms with E-state index in [0.717, 1.165) is 12.5 Å². The van der Waals surface area contributed by atoms with Gasteiger partial charge in [-0.3, -0.25) is 0 Å². The summed E-state index contributed by atoms with van der Waals surface area (Å²) < 4.78 is 28.0. The molecule has 0 aromatic heterocycles. The SMILES string of the molecule is COC(=O)C1=CC(c2ccccc2Cl)=CS1(=O)=O. The number of methoxy groups -OCH3 is 1. The van der Waals surface area contributed by atoms with Gasteiger partial charge >= 0.3 is 5.97 Å². The summed E-state index contributed by atoms with van der Waals surface area (Å²) >= 11 is 5.98. The van der Waals surface area contributed by atoms with Gasteiger partial charge in [0.1, 0.15) is 0 Å². The van der Waals surface area contributed by atoms with Gasteiger partial charge in [-0.15, -0.1) is 0 Å². The first-order valence-electron chi connectivity index (χ1n) is 4.97. The van der Waals surface area contributed by atoms with Gasteiger partial charge in [0.15, 0.2) is 4.91 Å². The second-order valence-electron chi connectivity index (χ2n) is 3.60. The number of carbonyl (C=O) groups excluding carboxylic acids is 1. The average Bonchev–Trinajstić information content (AvgIpc) is 2.64. The molecule has 94 valence electrons. The molecule has 1 aromatic carbocycles. The zero-order chi connectivity index (χ0) is 13.3. The van der Waals surface area contributed by atoms with E-state index in [2.05, 4.69) is 4.74 Å². The largest absolute Gasteiger partial charge is 0.465 e. The third kappa shape index (κ3) is 2.19. The lowest BCUT2D eigenvalue weighted by Gasteiger charge is -2.01. The molecule has 1 heterocycles. The molecule has 18 heavy (non-hydrogen) atoms. The van der Waals surface area contributed by atoms with Crippen molar-refractivity contribution >= 4 is 33.0 Å². The summed E-state index contributed by atoms with van der Waals surface area (Å²) in [5.41, 5.74) is 0.933. The maximum absolute atomic E-state index is 11.8. The average molecular weight is 285 g/mol. The third-order valence-electron chi connectivity index (χ3n) is 2.45. The Kier molecular flexibility index (Phi) is 3.28. The van der Waals surface area contributed by atoms with E-state index in [9.17, 15) is 13.2 Å². The fourth-order valence-electron chi connectivity index (χ4n) is 1.60. The first-order valence-corrected chi connectivity index (χ1v) is 6.90. The van der Waals surface area contributed by atoms with Crippen LogP contribution in [0.2, 0.25) is 5.02 Å². The van der Waals surface area contributed by atoms with Gasteiger partial charge in [0, 0.05) is 16.0 Å². The highest BCUT2D eigenvalue weighted by atomic mass is 35.5. The number of carbonyl (C=O) groups is 1. The van der Waals surface area contributed by atoms with Crippen molar-refractivity contribution in [2.45, 2.75) is 0 Å². The van der Waals surface area contributed by atoms with E-state index in [-0.39, 0.29) is 4.91 Å². The zero-order valence-electron chi connectivity index (χ0n) is 9.38. The van der Waals surface area contributed by atoms with Crippen LogP contribution in [0.25, 0.3) is 5.57 Å². The Labute approximate surface area is 109 Å². The molecule has 0 radical (unpaired) electrons. The lowest BCUT2D eigenvalue weighted by Crippen LogP contribution is -2.10. The summed E-state index contributed by atoms with van der Waals surface area (Å²) in [4.78, 5) is 11.0. The van der Waals surface area contributed by atoms with Crippen molar-refractivity contribution in [3.05, 3.63) is 51.2 Å². The van der Waals surface area contributed by atoms with Crippen LogP contribution in [0, 0.1) is 0 Å². The summed E-state index contributed by atoms with van der Waals surface area (Å²) in [6.45, 7) is 0. The Balaban J connectivity index is 2.54. The van der Waals surface area contributed by atoms with Gasteiger partial charge in [-0.2, -0.15) is 0 Å². The van der Waals surface area contributed by atoms with Gasteiger partial charge < -0.3 is 4.74 Å². The first kappa shape index (κ1) is 12.9. The van der Waals surface area contributed by atoms with Crippen molar-refractivity contribution in [3.8, 4) is 0 Å². The zero-order valence-corrected chi connectivity index (χ0v) is 11.0. The minimum atomic E-state index is -3.75. The molecule has 1 aliphatic heterocycles. The van der Waals surface area contributed by atoms with Crippen LogP contribution in [-0.2, 0) is 19.4 Å². The highest BCUT2D eigenvalue weighted by molar-refractivity contribution is 7.99. The standard InChI is InChI=1S/C12H9ClO4S/c1-17-12(14)11-6-8(7-18(11,15)16)9-4-2-3-5-10(9)13/h2-7H,1H3. The maximum Gasteiger partial charge on any atom is 0.349 e. The molecule has 4 nitrogen and oxygen atoms in total. The van der Waals surface area contributed by atoms with Crippen molar-refractivity contribution < 1.29 is 17.9 Å². The Bertz CT molecular complexity index is 671. The van der Waals surface area contributed by atoms with Crippen LogP contribution in [0.3, 0.4) is 0 Å². The molecule has 0 unspecified atom stereocenters. The number of benzene rings is 1. The van der Waals surface area contributed by atoms with Crippen LogP contribution < -0.4 is 0 Å². The Hall–Kier alpha value is -1.59. The minimum Gasteiger partial charge on any atom is -0.465 e. The molecular formula is C12H9ClO4S. The summed E-state index contributed by atoms with van der Waals surface area (Å²) in [7, 11) is -2.62. The second kappa shape index (κ2) is 4.59. The summed E-state index contributed by atoms with van der Waals surface area (Å²) in [5, 5.41) is 1.43. The third-order valence-corrected chi connectivity index (χ3v) is 4.24. The summed E-state index contributed by atoms with van der Waals surface area (Å²) in [6.07, 6.45) is 1.27. The molecule has 0 saturated carbocycles. The molecule has 0 atom stereocenters. The minimum absolute atomic E-state index is 0.375. The van der Waals surface area contributed by atoms with Crippen LogP contribution in [0.15, 0.2) is 40.7 Å². The van der Waals surface area contributed by atoms with E-state index >= 15 is 0 Å². The molecule has 0 saturated heterocycles. The fourth-order valence-corrected chi connectivity index (χ4v) is 3.11. The summed E-state index contributed by atoms with van der Waals surface area (Å²) in [6, 6.07) is 6.80. The normalized spacial score (nSPS) is 17.0. The highest BCUT2D eigenvalue weighted by Gasteiger charge is 2.30. The molecule has 0 bridgehead atoms. The predicted molar refractivity (Wildman–Crippen MR) is 68.4 cm³/mol. The Morgan fingerprint density at radius 1 is 1.28 bits per heavy atom. The van der Waals surface area contributed by atoms with Crippen LogP contribution >= 0.6 is 11.6 Å². The molecular weight excluding hydrogens is 276 g/mol. The number of esters is 1. The van der Waals surface area contributed by atoms with Crippen molar-refractivity contribution in [1.29, 1.82) is 0 Å². The monoisotopic (exact) mass is 284 g/mol. The number of hydrogen-bond acceptors (Lipinski definition) is 4. The smallest absolute Gasteiger partial charge is 0.349 e. The number of rotatable bonds is 2. The Morgan fingerprint density at radius 2 is 1.94 bits per heavy atom. The van der Waals surface area contributed by atoms with Gasteiger partial charge in [-0.25, -0.2) is 13.2 Å². The summed E-state index contributed by atoms with van der Waals surface area (Å²) in [5.74, 6) is -0.881. The van der Waals surface area contributed by atoms with Crippen molar-refractivity contribution in [2.24, 2.45) is 0 Å². The van der Waals surface area contributed by atoms with Crippen LogP contribution in [0.1, 0.15) is 5.56 Å². The topological polar surface area (TPSA) is 60.4 Å². The number of ether oxygens (including phenoxy) is 1. The van der Waals surface area contributed by atoms with E-state index in [1.165, 1.54) is 6.08 Å². The maximum atomic E-state index is 11.8. The van der Waals surface area contributed by atoms with E-state index in [0.29, 0.717) is 16.2 Å². The van der Waals surface area contributed by atoms with E-state index < -0.39 is 15.8 Å². The van der Waals surface area contributed by atoms with Crippen molar-refractivity contribution in [3.63, 3.8) is 0 Å². The van der Waals surface area contributed by atoms with Crippen molar-refractivity contribution in [2.75, 3.05) is 7.11 Å². The van der Waals surface area contributed by atoms with Crippen LogP contribution in [0.4, 0.5) is 0 Å². The van der Waals surface area contributed by atoms with Crippen LogP contribution in [-0.4, -0.2) is 21.5 Å². The molecule has 0 N–H and O–H groups in total. The lowest BCUT2D eigenvalue weighted by molar-refractivity contribution is -0.135. The van der Waals surface area contributed by atoms with Crippen LogP contribution in [0.5, 0.6) is 0 Å². The molecule has 0 spiro atoms. The number of sulfone groups is 1.